The fourth-order valence-corrected chi connectivity index (χ4v) is 5.75. The van der Waals surface area contributed by atoms with Crippen molar-refractivity contribution in [1.82, 2.24) is 14.5 Å². The van der Waals surface area contributed by atoms with E-state index in [2.05, 4.69) is 52.3 Å². The van der Waals surface area contributed by atoms with Gasteiger partial charge in [0.25, 0.3) is 0 Å². The van der Waals surface area contributed by atoms with Gasteiger partial charge < -0.3 is 19.2 Å². The van der Waals surface area contributed by atoms with Crippen LogP contribution in [0.15, 0.2) is 48.3 Å². The summed E-state index contributed by atoms with van der Waals surface area (Å²) in [6, 6.07) is 3.74. The molecule has 0 radical (unpaired) electrons. The van der Waals surface area contributed by atoms with Gasteiger partial charge in [-0.05, 0) is 43.3 Å². The van der Waals surface area contributed by atoms with Gasteiger partial charge in [0.15, 0.2) is 14.1 Å². The number of hydrogen-bond acceptors (Lipinski definition) is 8. The number of ketones is 1. The van der Waals surface area contributed by atoms with Crippen molar-refractivity contribution in [2.45, 2.75) is 64.4 Å². The molecule has 11 nitrogen and oxygen atoms in total. The number of ether oxygens (including phenoxy) is 2. The van der Waals surface area contributed by atoms with Gasteiger partial charge in [-0.1, -0.05) is 46.1 Å². The van der Waals surface area contributed by atoms with E-state index in [1.807, 2.05) is 6.92 Å². The van der Waals surface area contributed by atoms with E-state index in [0.29, 0.717) is 9.13 Å². The van der Waals surface area contributed by atoms with Crippen molar-refractivity contribution in [3.63, 3.8) is 0 Å². The standard InChI is InChI=1S/C28H37N3O8Si/c1-9-13-37-26(35)30-20-12-11-18(15-21(20)31(25(30)34)27(36)38-14-10-2)22(32)16-19-23(24(33)29-19)17(3)39-40(7,8)28(4,5)6/h9-12,15,17,19,23H,1-2,13-14,16H2,3-8H3,(H,29,33)/t17-,19-,23-/m1/s1. The number of imidazole rings is 1. The Kier molecular flexibility index (Phi) is 9.05. The molecule has 0 saturated carbocycles. The van der Waals surface area contributed by atoms with E-state index in [9.17, 15) is 24.0 Å². The Bertz CT molecular complexity index is 1410. The molecule has 3 atom stereocenters. The van der Waals surface area contributed by atoms with Crippen molar-refractivity contribution >= 4 is 43.2 Å². The molecule has 2 aromatic rings. The predicted octanol–water partition coefficient (Wildman–Crippen LogP) is 4.24. The van der Waals surface area contributed by atoms with E-state index >= 15 is 0 Å². The van der Waals surface area contributed by atoms with Crippen LogP contribution in [0.2, 0.25) is 18.1 Å². The predicted molar refractivity (Wildman–Crippen MR) is 152 cm³/mol. The summed E-state index contributed by atoms with van der Waals surface area (Å²) in [5, 5.41) is 2.76. The van der Waals surface area contributed by atoms with E-state index < -0.39 is 38.2 Å². The number of aromatic nitrogens is 2. The van der Waals surface area contributed by atoms with E-state index in [4.69, 9.17) is 13.9 Å². The van der Waals surface area contributed by atoms with Gasteiger partial charge in [-0.3, -0.25) is 9.59 Å². The minimum Gasteiger partial charge on any atom is -0.445 e. The summed E-state index contributed by atoms with van der Waals surface area (Å²) in [6.07, 6.45) is 0.213. The number of fused-ring (bicyclic) bond motifs is 1. The second kappa shape index (κ2) is 11.8. The molecule has 1 saturated heterocycles. The van der Waals surface area contributed by atoms with Crippen LogP contribution in [0.1, 0.15) is 44.5 Å². The zero-order valence-electron chi connectivity index (χ0n) is 23.8. The molecule has 0 spiro atoms. The van der Waals surface area contributed by atoms with E-state index in [0.717, 1.165) is 0 Å². The van der Waals surface area contributed by atoms with E-state index in [1.54, 1.807) is 0 Å². The van der Waals surface area contributed by atoms with Crippen LogP contribution in [0.5, 0.6) is 0 Å². The summed E-state index contributed by atoms with van der Waals surface area (Å²) >= 11 is 0. The number of amides is 1. The normalized spacial score (nSPS) is 17.9. The van der Waals surface area contributed by atoms with Crippen molar-refractivity contribution in [3.8, 4) is 0 Å². The lowest BCUT2D eigenvalue weighted by molar-refractivity contribution is -0.139. The highest BCUT2D eigenvalue weighted by Gasteiger charge is 2.48. The molecular weight excluding hydrogens is 534 g/mol. The molecule has 1 aromatic heterocycles. The van der Waals surface area contributed by atoms with Gasteiger partial charge in [0.05, 0.1) is 29.1 Å². The van der Waals surface area contributed by atoms with Crippen LogP contribution in [0.25, 0.3) is 11.0 Å². The molecule has 1 N–H and O–H groups in total. The second-order valence-electron chi connectivity index (χ2n) is 11.2. The van der Waals surface area contributed by atoms with Gasteiger partial charge in [0.1, 0.15) is 13.2 Å². The third-order valence-corrected chi connectivity index (χ3v) is 12.0. The summed E-state index contributed by atoms with van der Waals surface area (Å²) in [7, 11) is -2.15. The molecule has 1 amide bonds. The number of β-lactam (4-membered cyclic amide) rings is 1. The molecule has 1 aromatic carbocycles. The molecule has 3 rings (SSSR count). The number of benzene rings is 1. The largest absolute Gasteiger partial charge is 0.445 e. The van der Waals surface area contributed by atoms with Gasteiger partial charge in [0.2, 0.25) is 5.91 Å². The highest BCUT2D eigenvalue weighted by atomic mass is 28.4. The minimum absolute atomic E-state index is 0.00992. The summed E-state index contributed by atoms with van der Waals surface area (Å²) < 4.78 is 17.8. The van der Waals surface area contributed by atoms with Crippen LogP contribution in [-0.2, 0) is 18.7 Å². The fourth-order valence-electron chi connectivity index (χ4n) is 4.32. The van der Waals surface area contributed by atoms with Crippen molar-refractivity contribution in [1.29, 1.82) is 0 Å². The maximum absolute atomic E-state index is 13.3. The lowest BCUT2D eigenvalue weighted by Gasteiger charge is -2.45. The van der Waals surface area contributed by atoms with Crippen molar-refractivity contribution < 1.29 is 33.1 Å². The van der Waals surface area contributed by atoms with Crippen molar-refractivity contribution in [2.24, 2.45) is 5.92 Å². The first kappa shape index (κ1) is 30.8. The molecule has 216 valence electrons. The van der Waals surface area contributed by atoms with E-state index in [-0.39, 0.29) is 59.1 Å². The molecule has 1 aliphatic heterocycles. The lowest BCUT2D eigenvalue weighted by atomic mass is 9.82. The number of rotatable bonds is 10. The summed E-state index contributed by atoms with van der Waals surface area (Å²) in [4.78, 5) is 64.2. The highest BCUT2D eigenvalue weighted by molar-refractivity contribution is 6.74. The Labute approximate surface area is 233 Å². The van der Waals surface area contributed by atoms with Crippen LogP contribution < -0.4 is 11.0 Å². The van der Waals surface area contributed by atoms with Crippen LogP contribution >= 0.6 is 0 Å². The Morgan fingerprint density at radius 3 is 2.08 bits per heavy atom. The van der Waals surface area contributed by atoms with Crippen LogP contribution in [0.4, 0.5) is 9.59 Å². The number of nitrogens with one attached hydrogen (secondary N) is 1. The molecular formula is C28H37N3O8Si. The number of Topliss-reactive ketones (excluding diaryl/α,β-unsaturated/α-hetero) is 1. The average Bonchev–Trinajstić information content (AvgIpc) is 3.15. The molecule has 12 heteroatoms. The Hall–Kier alpha value is -3.77. The average molecular weight is 572 g/mol. The summed E-state index contributed by atoms with van der Waals surface area (Å²) in [5.41, 5.74) is -0.778. The number of nitrogens with zero attached hydrogens (tertiary/aromatic N) is 2. The molecule has 1 fully saturated rings. The van der Waals surface area contributed by atoms with Crippen molar-refractivity contribution in [2.75, 3.05) is 13.2 Å². The first-order valence-corrected chi connectivity index (χ1v) is 15.9. The van der Waals surface area contributed by atoms with E-state index in [1.165, 1.54) is 30.4 Å². The number of carbonyl (C=O) groups is 4. The Balaban J connectivity index is 1.92. The van der Waals surface area contributed by atoms with Crippen LogP contribution in [0.3, 0.4) is 0 Å². The van der Waals surface area contributed by atoms with Crippen molar-refractivity contribution in [3.05, 3.63) is 59.6 Å². The third-order valence-electron chi connectivity index (χ3n) is 7.44. The highest BCUT2D eigenvalue weighted by Crippen LogP contribution is 2.39. The quantitative estimate of drug-likeness (QED) is 0.194. The molecule has 1 aliphatic rings. The van der Waals surface area contributed by atoms with Gasteiger partial charge in [-0.15, -0.1) is 0 Å². The SMILES string of the molecule is C=CCOC(=O)n1c(=O)n(C(=O)OCC=C)c2cc(C(=O)C[C@H]3NC(=O)[C@@H]3[C@@H](C)O[Si](C)(C)C(C)(C)C)ccc21. The summed E-state index contributed by atoms with van der Waals surface area (Å²) in [5.74, 6) is -0.986. The fraction of sp³-hybridized carbons (Fsp3) is 0.464. The Morgan fingerprint density at radius 2 is 1.57 bits per heavy atom. The maximum atomic E-state index is 13.3. The summed E-state index contributed by atoms with van der Waals surface area (Å²) in [6.45, 7) is 19.0. The smallest absolute Gasteiger partial charge is 0.423 e. The van der Waals surface area contributed by atoms with Gasteiger partial charge in [-0.2, -0.15) is 9.13 Å². The first-order chi connectivity index (χ1) is 18.6. The molecule has 0 unspecified atom stereocenters. The van der Waals surface area contributed by atoms with Crippen LogP contribution in [0, 0.1) is 5.92 Å². The third kappa shape index (κ3) is 6.02. The first-order valence-electron chi connectivity index (χ1n) is 13.0. The molecule has 0 bridgehead atoms. The zero-order valence-corrected chi connectivity index (χ0v) is 24.8. The van der Waals surface area contributed by atoms with Gasteiger partial charge >= 0.3 is 17.9 Å². The molecule has 40 heavy (non-hydrogen) atoms. The maximum Gasteiger partial charge on any atom is 0.423 e. The number of hydrogen-bond donors (Lipinski definition) is 1. The minimum atomic E-state index is -2.15. The van der Waals surface area contributed by atoms with Gasteiger partial charge in [0, 0.05) is 12.0 Å². The lowest BCUT2D eigenvalue weighted by Crippen LogP contribution is -2.64. The van der Waals surface area contributed by atoms with Crippen LogP contribution in [-0.4, -0.2) is 66.7 Å². The monoisotopic (exact) mass is 571 g/mol. The zero-order chi connectivity index (χ0) is 30.0. The molecule has 2 heterocycles. The second-order valence-corrected chi connectivity index (χ2v) is 16.0. The Morgan fingerprint density at radius 1 is 1.02 bits per heavy atom. The number of carbonyl (C=O) groups excluding carboxylic acids is 4. The topological polar surface area (TPSA) is 135 Å². The molecule has 0 aliphatic carbocycles. The van der Waals surface area contributed by atoms with Gasteiger partial charge in [-0.25, -0.2) is 14.4 Å².